The van der Waals surface area contributed by atoms with Gasteiger partial charge in [-0.05, 0) is 26.5 Å². The first kappa shape index (κ1) is 19.3. The van der Waals surface area contributed by atoms with Gasteiger partial charge in [-0.15, -0.1) is 0 Å². The van der Waals surface area contributed by atoms with E-state index in [9.17, 15) is 13.2 Å². The molecule has 0 spiro atoms. The van der Waals surface area contributed by atoms with Gasteiger partial charge in [0.1, 0.15) is 0 Å². The molecule has 0 heterocycles. The Bertz CT molecular complexity index is 474. The third kappa shape index (κ3) is 8.44. The number of aliphatic imine (C=N–C) groups is 1. The number of hydrogen-bond acceptors (Lipinski definition) is 2. The summed E-state index contributed by atoms with van der Waals surface area (Å²) in [5.41, 5.74) is 1.12. The van der Waals surface area contributed by atoms with Crippen molar-refractivity contribution in [1.29, 1.82) is 0 Å². The summed E-state index contributed by atoms with van der Waals surface area (Å²) in [5.74, 6) is 0.601. The number of nitrogens with zero attached hydrogens (tertiary/aromatic N) is 2. The van der Waals surface area contributed by atoms with Crippen molar-refractivity contribution < 1.29 is 13.2 Å². The van der Waals surface area contributed by atoms with E-state index >= 15 is 0 Å². The summed E-state index contributed by atoms with van der Waals surface area (Å²) < 4.78 is 36.8. The van der Waals surface area contributed by atoms with E-state index in [4.69, 9.17) is 0 Å². The smallest absolute Gasteiger partial charge is 0.357 e. The fourth-order valence-corrected chi connectivity index (χ4v) is 2.07. The fourth-order valence-electron chi connectivity index (χ4n) is 2.07. The van der Waals surface area contributed by atoms with Crippen molar-refractivity contribution in [3.8, 4) is 0 Å². The van der Waals surface area contributed by atoms with Gasteiger partial charge in [0.05, 0.1) is 19.1 Å². The zero-order chi connectivity index (χ0) is 17.3. The molecule has 7 heteroatoms. The molecule has 0 aliphatic carbocycles. The van der Waals surface area contributed by atoms with Gasteiger partial charge in [-0.3, -0.25) is 9.89 Å². The van der Waals surface area contributed by atoms with E-state index in [1.165, 1.54) is 11.9 Å². The zero-order valence-corrected chi connectivity index (χ0v) is 13.8. The number of nitrogens with one attached hydrogen (secondary N) is 2. The third-order valence-electron chi connectivity index (χ3n) is 3.20. The minimum atomic E-state index is -4.18. The number of guanidine groups is 1. The molecular weight excluding hydrogens is 305 g/mol. The number of likely N-dealkylation sites (N-methyl/N-ethyl adjacent to an activating group) is 1. The van der Waals surface area contributed by atoms with Crippen LogP contribution in [0.25, 0.3) is 0 Å². The lowest BCUT2D eigenvalue weighted by molar-refractivity contribution is -0.142. The molecule has 0 saturated carbocycles. The standard InChI is InChI=1S/C16H25F3N4/c1-4-20-15(21-10-11-23(3)12-16(17,18)19)22-13(2)14-8-6-5-7-9-14/h5-9,13H,4,10-12H2,1-3H3,(H2,20,21,22). The molecule has 23 heavy (non-hydrogen) atoms. The van der Waals surface area contributed by atoms with E-state index in [-0.39, 0.29) is 12.6 Å². The highest BCUT2D eigenvalue weighted by Crippen LogP contribution is 2.15. The van der Waals surface area contributed by atoms with Crippen LogP contribution >= 0.6 is 0 Å². The molecule has 1 aromatic rings. The van der Waals surface area contributed by atoms with Gasteiger partial charge in [-0.2, -0.15) is 13.2 Å². The molecular formula is C16H25F3N4. The zero-order valence-electron chi connectivity index (χ0n) is 13.8. The highest BCUT2D eigenvalue weighted by molar-refractivity contribution is 5.80. The van der Waals surface area contributed by atoms with E-state index < -0.39 is 12.7 Å². The predicted molar refractivity (Wildman–Crippen MR) is 87.5 cm³/mol. The van der Waals surface area contributed by atoms with Gasteiger partial charge in [0.2, 0.25) is 0 Å². The normalized spacial score (nSPS) is 14.0. The largest absolute Gasteiger partial charge is 0.401 e. The number of halogens is 3. The molecule has 0 aromatic heterocycles. The van der Waals surface area contributed by atoms with Crippen LogP contribution in [0.5, 0.6) is 0 Å². The number of hydrogen-bond donors (Lipinski definition) is 2. The van der Waals surface area contributed by atoms with Crippen molar-refractivity contribution in [2.24, 2.45) is 4.99 Å². The average molecular weight is 330 g/mol. The second-order valence-corrected chi connectivity index (χ2v) is 5.39. The van der Waals surface area contributed by atoms with Gasteiger partial charge in [0.15, 0.2) is 5.96 Å². The van der Waals surface area contributed by atoms with Gasteiger partial charge in [-0.1, -0.05) is 30.3 Å². The molecule has 0 aliphatic rings. The molecule has 130 valence electrons. The lowest BCUT2D eigenvalue weighted by Crippen LogP contribution is -2.39. The van der Waals surface area contributed by atoms with Crippen LogP contribution in [0.2, 0.25) is 0 Å². The van der Waals surface area contributed by atoms with Gasteiger partial charge in [-0.25, -0.2) is 0 Å². The Labute approximate surface area is 135 Å². The number of benzene rings is 1. The Kier molecular flexibility index (Phi) is 7.88. The summed E-state index contributed by atoms with van der Waals surface area (Å²) >= 11 is 0. The van der Waals surface area contributed by atoms with Gasteiger partial charge in [0.25, 0.3) is 0 Å². The summed E-state index contributed by atoms with van der Waals surface area (Å²) in [5, 5.41) is 6.36. The van der Waals surface area contributed by atoms with E-state index in [0.29, 0.717) is 19.0 Å². The Balaban J connectivity index is 2.53. The molecule has 1 rings (SSSR count). The second-order valence-electron chi connectivity index (χ2n) is 5.39. The minimum Gasteiger partial charge on any atom is -0.357 e. The first-order chi connectivity index (χ1) is 10.8. The third-order valence-corrected chi connectivity index (χ3v) is 3.20. The summed E-state index contributed by atoms with van der Waals surface area (Å²) in [7, 11) is 1.44. The first-order valence-electron chi connectivity index (χ1n) is 7.67. The molecule has 1 atom stereocenters. The molecule has 0 amide bonds. The van der Waals surface area contributed by atoms with Crippen LogP contribution in [0, 0.1) is 0 Å². The number of rotatable bonds is 7. The monoisotopic (exact) mass is 330 g/mol. The number of alkyl halides is 3. The highest BCUT2D eigenvalue weighted by atomic mass is 19.4. The SMILES string of the molecule is CCNC(=NCCN(C)CC(F)(F)F)NC(C)c1ccccc1. The van der Waals surface area contributed by atoms with Crippen molar-refractivity contribution in [3.05, 3.63) is 35.9 Å². The first-order valence-corrected chi connectivity index (χ1v) is 7.67. The van der Waals surface area contributed by atoms with Gasteiger partial charge < -0.3 is 10.6 Å². The van der Waals surface area contributed by atoms with Crippen molar-refractivity contribution >= 4 is 5.96 Å². The molecule has 0 bridgehead atoms. The van der Waals surface area contributed by atoms with Crippen molar-refractivity contribution in [1.82, 2.24) is 15.5 Å². The Morgan fingerprint density at radius 1 is 1.26 bits per heavy atom. The van der Waals surface area contributed by atoms with Crippen LogP contribution in [-0.2, 0) is 0 Å². The van der Waals surface area contributed by atoms with E-state index in [1.807, 2.05) is 44.2 Å². The average Bonchev–Trinajstić information content (AvgIpc) is 2.46. The lowest BCUT2D eigenvalue weighted by atomic mass is 10.1. The summed E-state index contributed by atoms with van der Waals surface area (Å²) in [4.78, 5) is 5.55. The Morgan fingerprint density at radius 2 is 1.91 bits per heavy atom. The maximum Gasteiger partial charge on any atom is 0.401 e. The van der Waals surface area contributed by atoms with E-state index in [2.05, 4.69) is 15.6 Å². The van der Waals surface area contributed by atoms with Crippen LogP contribution < -0.4 is 10.6 Å². The van der Waals surface area contributed by atoms with E-state index in [1.54, 1.807) is 0 Å². The molecule has 0 fully saturated rings. The van der Waals surface area contributed by atoms with Crippen LogP contribution in [0.1, 0.15) is 25.5 Å². The van der Waals surface area contributed by atoms with Crippen LogP contribution in [0.3, 0.4) is 0 Å². The van der Waals surface area contributed by atoms with E-state index in [0.717, 1.165) is 5.56 Å². The quantitative estimate of drug-likeness (QED) is 0.596. The molecule has 2 N–H and O–H groups in total. The molecule has 0 saturated heterocycles. The maximum absolute atomic E-state index is 12.3. The van der Waals surface area contributed by atoms with Crippen LogP contribution in [-0.4, -0.2) is 50.3 Å². The Hall–Kier alpha value is -1.76. The Morgan fingerprint density at radius 3 is 2.48 bits per heavy atom. The van der Waals surface area contributed by atoms with Gasteiger partial charge in [0, 0.05) is 13.1 Å². The topological polar surface area (TPSA) is 39.7 Å². The van der Waals surface area contributed by atoms with Crippen molar-refractivity contribution in [3.63, 3.8) is 0 Å². The predicted octanol–water partition coefficient (Wildman–Crippen LogP) is 2.80. The van der Waals surface area contributed by atoms with Crippen molar-refractivity contribution in [2.75, 3.05) is 33.2 Å². The van der Waals surface area contributed by atoms with Crippen LogP contribution in [0.15, 0.2) is 35.3 Å². The van der Waals surface area contributed by atoms with Crippen LogP contribution in [0.4, 0.5) is 13.2 Å². The molecule has 0 aliphatic heterocycles. The highest BCUT2D eigenvalue weighted by Gasteiger charge is 2.28. The maximum atomic E-state index is 12.3. The summed E-state index contributed by atoms with van der Waals surface area (Å²) in [6.07, 6.45) is -4.18. The lowest BCUT2D eigenvalue weighted by Gasteiger charge is -2.20. The molecule has 1 aromatic carbocycles. The molecule has 1 unspecified atom stereocenters. The molecule has 4 nitrogen and oxygen atoms in total. The van der Waals surface area contributed by atoms with Gasteiger partial charge >= 0.3 is 6.18 Å². The molecule has 0 radical (unpaired) electrons. The summed E-state index contributed by atoms with van der Waals surface area (Å²) in [6, 6.07) is 9.96. The summed E-state index contributed by atoms with van der Waals surface area (Å²) in [6.45, 7) is 4.26. The fraction of sp³-hybridized carbons (Fsp3) is 0.562. The second kappa shape index (κ2) is 9.39. The minimum absolute atomic E-state index is 0.0573. The van der Waals surface area contributed by atoms with Crippen molar-refractivity contribution in [2.45, 2.75) is 26.1 Å².